The van der Waals surface area contributed by atoms with E-state index in [-0.39, 0.29) is 17.3 Å². The quantitative estimate of drug-likeness (QED) is 0.519. The Balaban J connectivity index is 1.52. The summed E-state index contributed by atoms with van der Waals surface area (Å²) in [5.41, 5.74) is 3.54. The second kappa shape index (κ2) is 10.4. The first-order valence-electron chi connectivity index (χ1n) is 11.5. The standard InChI is InChI=1S/C27H31N3O3S/c1-22-13-14-23(2)26(19-22)30(34(32,33)25-11-7-4-8-12-25)21-27(31)29-17-15-28(16-18-29)20-24-9-5-3-6-10-24/h3-14,19H,15-18,20-21H2,1-2H3. The van der Waals surface area contributed by atoms with Gasteiger partial charge in [0.25, 0.3) is 10.0 Å². The number of nitrogens with zero attached hydrogens (tertiary/aromatic N) is 3. The van der Waals surface area contributed by atoms with Gasteiger partial charge in [0, 0.05) is 32.7 Å². The first-order chi connectivity index (χ1) is 16.3. The molecule has 0 saturated carbocycles. The first kappa shape index (κ1) is 24.0. The van der Waals surface area contributed by atoms with Gasteiger partial charge in [-0.15, -0.1) is 0 Å². The lowest BCUT2D eigenvalue weighted by molar-refractivity contribution is -0.131. The minimum atomic E-state index is -3.90. The molecular formula is C27H31N3O3S. The maximum absolute atomic E-state index is 13.6. The van der Waals surface area contributed by atoms with Crippen LogP contribution < -0.4 is 4.31 Å². The second-order valence-electron chi connectivity index (χ2n) is 8.76. The molecule has 0 aliphatic carbocycles. The van der Waals surface area contributed by atoms with Crippen molar-refractivity contribution in [3.63, 3.8) is 0 Å². The molecule has 4 rings (SSSR count). The van der Waals surface area contributed by atoms with Crippen LogP contribution in [0.15, 0.2) is 83.8 Å². The van der Waals surface area contributed by atoms with Crippen LogP contribution in [0, 0.1) is 13.8 Å². The number of benzene rings is 3. The van der Waals surface area contributed by atoms with Crippen molar-refractivity contribution in [3.8, 4) is 0 Å². The van der Waals surface area contributed by atoms with Crippen molar-refractivity contribution in [1.29, 1.82) is 0 Å². The van der Waals surface area contributed by atoms with E-state index in [2.05, 4.69) is 17.0 Å². The second-order valence-corrected chi connectivity index (χ2v) is 10.6. The predicted octanol–water partition coefficient (Wildman–Crippen LogP) is 3.84. The van der Waals surface area contributed by atoms with Gasteiger partial charge in [-0.2, -0.15) is 0 Å². The van der Waals surface area contributed by atoms with Crippen LogP contribution >= 0.6 is 0 Å². The van der Waals surface area contributed by atoms with Gasteiger partial charge in [0.15, 0.2) is 0 Å². The van der Waals surface area contributed by atoms with Crippen LogP contribution in [0.3, 0.4) is 0 Å². The van der Waals surface area contributed by atoms with Gasteiger partial charge in [-0.25, -0.2) is 8.42 Å². The number of carbonyl (C=O) groups is 1. The van der Waals surface area contributed by atoms with Crippen molar-refractivity contribution >= 4 is 21.6 Å². The molecular weight excluding hydrogens is 446 g/mol. The number of rotatable bonds is 7. The maximum Gasteiger partial charge on any atom is 0.264 e. The third-order valence-electron chi connectivity index (χ3n) is 6.22. The Kier molecular flexibility index (Phi) is 7.34. The van der Waals surface area contributed by atoms with Crippen molar-refractivity contribution in [3.05, 3.63) is 95.6 Å². The van der Waals surface area contributed by atoms with Crippen LogP contribution in [-0.2, 0) is 21.4 Å². The van der Waals surface area contributed by atoms with Crippen LogP contribution in [-0.4, -0.2) is 56.8 Å². The van der Waals surface area contributed by atoms with E-state index in [4.69, 9.17) is 0 Å². The number of carbonyl (C=O) groups excluding carboxylic acids is 1. The minimum Gasteiger partial charge on any atom is -0.339 e. The van der Waals surface area contributed by atoms with E-state index in [0.29, 0.717) is 18.8 Å². The molecule has 1 fully saturated rings. The van der Waals surface area contributed by atoms with Crippen LogP contribution in [0.25, 0.3) is 0 Å². The molecule has 0 radical (unpaired) electrons. The summed E-state index contributed by atoms with van der Waals surface area (Å²) >= 11 is 0. The number of hydrogen-bond donors (Lipinski definition) is 0. The Morgan fingerprint density at radius 3 is 2.12 bits per heavy atom. The number of aryl methyl sites for hydroxylation is 2. The third-order valence-corrected chi connectivity index (χ3v) is 7.99. The van der Waals surface area contributed by atoms with Crippen LogP contribution in [0.1, 0.15) is 16.7 Å². The van der Waals surface area contributed by atoms with Gasteiger partial charge in [-0.3, -0.25) is 14.0 Å². The molecule has 1 saturated heterocycles. The van der Waals surface area contributed by atoms with Gasteiger partial charge >= 0.3 is 0 Å². The smallest absolute Gasteiger partial charge is 0.264 e. The Bertz CT molecular complexity index is 1220. The number of amides is 1. The summed E-state index contributed by atoms with van der Waals surface area (Å²) in [6.45, 7) is 7.10. The first-order valence-corrected chi connectivity index (χ1v) is 13.0. The summed E-state index contributed by atoms with van der Waals surface area (Å²) in [6, 6.07) is 24.3. The molecule has 0 spiro atoms. The largest absolute Gasteiger partial charge is 0.339 e. The Morgan fingerprint density at radius 1 is 0.853 bits per heavy atom. The molecule has 3 aromatic rings. The highest BCUT2D eigenvalue weighted by atomic mass is 32.2. The lowest BCUT2D eigenvalue weighted by atomic mass is 10.1. The van der Waals surface area contributed by atoms with E-state index in [1.807, 2.05) is 50.2 Å². The molecule has 1 amide bonds. The van der Waals surface area contributed by atoms with Gasteiger partial charge in [0.2, 0.25) is 5.91 Å². The fraction of sp³-hybridized carbons (Fsp3) is 0.296. The molecule has 3 aromatic carbocycles. The fourth-order valence-corrected chi connectivity index (χ4v) is 5.72. The van der Waals surface area contributed by atoms with Crippen molar-refractivity contribution in [1.82, 2.24) is 9.80 Å². The molecule has 6 nitrogen and oxygen atoms in total. The third kappa shape index (κ3) is 5.48. The van der Waals surface area contributed by atoms with Gasteiger partial charge in [0.1, 0.15) is 6.54 Å². The van der Waals surface area contributed by atoms with Crippen molar-refractivity contribution in [2.75, 3.05) is 37.0 Å². The normalized spacial score (nSPS) is 14.7. The maximum atomic E-state index is 13.6. The molecule has 0 aromatic heterocycles. The molecule has 34 heavy (non-hydrogen) atoms. The summed E-state index contributed by atoms with van der Waals surface area (Å²) in [5.74, 6) is -0.181. The lowest BCUT2D eigenvalue weighted by Crippen LogP contribution is -2.51. The topological polar surface area (TPSA) is 60.9 Å². The van der Waals surface area contributed by atoms with Crippen molar-refractivity contribution < 1.29 is 13.2 Å². The molecule has 178 valence electrons. The molecule has 7 heteroatoms. The van der Waals surface area contributed by atoms with Crippen LogP contribution in [0.4, 0.5) is 5.69 Å². The van der Waals surface area contributed by atoms with E-state index in [9.17, 15) is 13.2 Å². The van der Waals surface area contributed by atoms with E-state index in [0.717, 1.165) is 30.8 Å². The van der Waals surface area contributed by atoms with E-state index in [1.165, 1.54) is 9.87 Å². The van der Waals surface area contributed by atoms with E-state index >= 15 is 0 Å². The minimum absolute atomic E-state index is 0.177. The fourth-order valence-electron chi connectivity index (χ4n) is 4.23. The molecule has 1 aliphatic heterocycles. The predicted molar refractivity (Wildman–Crippen MR) is 135 cm³/mol. The average Bonchev–Trinajstić information content (AvgIpc) is 2.85. The van der Waals surface area contributed by atoms with Crippen molar-refractivity contribution in [2.24, 2.45) is 0 Å². The molecule has 1 aliphatic rings. The van der Waals surface area contributed by atoms with Gasteiger partial charge in [-0.1, -0.05) is 60.7 Å². The molecule has 0 bridgehead atoms. The monoisotopic (exact) mass is 477 g/mol. The SMILES string of the molecule is Cc1ccc(C)c(N(CC(=O)N2CCN(Cc3ccccc3)CC2)S(=O)(=O)c2ccccc2)c1. The summed E-state index contributed by atoms with van der Waals surface area (Å²) in [4.78, 5) is 17.6. The zero-order chi connectivity index (χ0) is 24.1. The summed E-state index contributed by atoms with van der Waals surface area (Å²) in [5, 5.41) is 0. The van der Waals surface area contributed by atoms with Crippen molar-refractivity contribution in [2.45, 2.75) is 25.3 Å². The number of hydrogen-bond acceptors (Lipinski definition) is 4. The van der Waals surface area contributed by atoms with Gasteiger partial charge in [0.05, 0.1) is 10.6 Å². The van der Waals surface area contributed by atoms with Gasteiger partial charge < -0.3 is 4.90 Å². The van der Waals surface area contributed by atoms with Crippen LogP contribution in [0.5, 0.6) is 0 Å². The zero-order valence-corrected chi connectivity index (χ0v) is 20.5. The Morgan fingerprint density at radius 2 is 1.47 bits per heavy atom. The highest BCUT2D eigenvalue weighted by Crippen LogP contribution is 2.28. The highest BCUT2D eigenvalue weighted by molar-refractivity contribution is 7.92. The number of piperazine rings is 1. The molecule has 0 atom stereocenters. The van der Waals surface area contributed by atoms with Crippen LogP contribution in [0.2, 0.25) is 0 Å². The summed E-state index contributed by atoms with van der Waals surface area (Å²) in [7, 11) is -3.90. The number of sulfonamides is 1. The molecule has 1 heterocycles. The number of anilines is 1. The Hall–Kier alpha value is -3.16. The molecule has 0 unspecified atom stereocenters. The Labute approximate surface area is 202 Å². The summed E-state index contributed by atoms with van der Waals surface area (Å²) in [6.07, 6.45) is 0. The summed E-state index contributed by atoms with van der Waals surface area (Å²) < 4.78 is 28.5. The lowest BCUT2D eigenvalue weighted by Gasteiger charge is -2.36. The van der Waals surface area contributed by atoms with E-state index < -0.39 is 10.0 Å². The zero-order valence-electron chi connectivity index (χ0n) is 19.7. The average molecular weight is 478 g/mol. The highest BCUT2D eigenvalue weighted by Gasteiger charge is 2.31. The molecule has 0 N–H and O–H groups in total. The van der Waals surface area contributed by atoms with E-state index in [1.54, 1.807) is 35.2 Å². The van der Waals surface area contributed by atoms with Gasteiger partial charge in [-0.05, 0) is 48.7 Å².